The molecule has 2 rings (SSSR count). The summed E-state index contributed by atoms with van der Waals surface area (Å²) in [6.45, 7) is 3.94. The maximum Gasteiger partial charge on any atom is 0.170 e. The Kier molecular flexibility index (Phi) is 3.38. The summed E-state index contributed by atoms with van der Waals surface area (Å²) in [5.41, 5.74) is 2.94. The molecule has 0 radical (unpaired) electrons. The van der Waals surface area contributed by atoms with Crippen molar-refractivity contribution < 1.29 is 4.79 Å². The number of ketones is 1. The first-order chi connectivity index (χ1) is 8.20. The van der Waals surface area contributed by atoms with Crippen LogP contribution in [0.2, 0.25) is 0 Å². The predicted octanol–water partition coefficient (Wildman–Crippen LogP) is 3.98. The first kappa shape index (κ1) is 11.6. The fourth-order valence-corrected chi connectivity index (χ4v) is 1.98. The zero-order valence-electron chi connectivity index (χ0n) is 10.2. The molecule has 1 heteroatoms. The third-order valence-electron chi connectivity index (χ3n) is 3.10. The van der Waals surface area contributed by atoms with Crippen LogP contribution in [-0.4, -0.2) is 5.78 Å². The summed E-state index contributed by atoms with van der Waals surface area (Å²) < 4.78 is 0. The number of carbonyl (C=O) groups is 1. The van der Waals surface area contributed by atoms with E-state index in [9.17, 15) is 4.79 Å². The van der Waals surface area contributed by atoms with Gasteiger partial charge in [0.1, 0.15) is 0 Å². The van der Waals surface area contributed by atoms with Gasteiger partial charge in [-0.3, -0.25) is 4.79 Å². The van der Waals surface area contributed by atoms with Crippen LogP contribution in [0.5, 0.6) is 0 Å². The lowest BCUT2D eigenvalue weighted by molar-refractivity contribution is 0.0965. The largest absolute Gasteiger partial charge is 0.293 e. The SMILES string of the molecule is Cc1ccccc1C(=O)C(C)c1ccccc1. The minimum atomic E-state index is -0.0858. The van der Waals surface area contributed by atoms with Crippen LogP contribution >= 0.6 is 0 Å². The van der Waals surface area contributed by atoms with Crippen molar-refractivity contribution in [2.45, 2.75) is 19.8 Å². The summed E-state index contributed by atoms with van der Waals surface area (Å²) in [7, 11) is 0. The van der Waals surface area contributed by atoms with E-state index in [-0.39, 0.29) is 11.7 Å². The van der Waals surface area contributed by atoms with Crippen LogP contribution < -0.4 is 0 Å². The number of hydrogen-bond acceptors (Lipinski definition) is 1. The zero-order valence-corrected chi connectivity index (χ0v) is 10.2. The van der Waals surface area contributed by atoms with Crippen LogP contribution in [0.3, 0.4) is 0 Å². The van der Waals surface area contributed by atoms with Gasteiger partial charge in [-0.2, -0.15) is 0 Å². The second kappa shape index (κ2) is 4.96. The van der Waals surface area contributed by atoms with Gasteiger partial charge in [0.15, 0.2) is 5.78 Å². The van der Waals surface area contributed by atoms with Crippen molar-refractivity contribution >= 4 is 5.78 Å². The molecule has 0 aliphatic carbocycles. The number of aryl methyl sites for hydroxylation is 1. The Hall–Kier alpha value is -1.89. The lowest BCUT2D eigenvalue weighted by Crippen LogP contribution is -2.10. The topological polar surface area (TPSA) is 17.1 Å². The van der Waals surface area contributed by atoms with Crippen LogP contribution in [0.15, 0.2) is 54.6 Å². The number of Topliss-reactive ketones (excluding diaryl/α,β-unsaturated/α-hetero) is 1. The quantitative estimate of drug-likeness (QED) is 0.721. The summed E-state index contributed by atoms with van der Waals surface area (Å²) in [6.07, 6.45) is 0. The molecule has 1 nitrogen and oxygen atoms in total. The number of hydrogen-bond donors (Lipinski definition) is 0. The molecule has 0 N–H and O–H groups in total. The maximum atomic E-state index is 12.4. The average Bonchev–Trinajstić information content (AvgIpc) is 2.39. The van der Waals surface area contributed by atoms with Crippen molar-refractivity contribution in [2.75, 3.05) is 0 Å². The van der Waals surface area contributed by atoms with Crippen LogP contribution in [0, 0.1) is 6.92 Å². The van der Waals surface area contributed by atoms with Crippen molar-refractivity contribution in [3.05, 3.63) is 71.3 Å². The Morgan fingerprint density at radius 2 is 1.53 bits per heavy atom. The van der Waals surface area contributed by atoms with E-state index in [1.54, 1.807) is 0 Å². The van der Waals surface area contributed by atoms with E-state index in [1.807, 2.05) is 68.4 Å². The van der Waals surface area contributed by atoms with Gasteiger partial charge in [-0.15, -0.1) is 0 Å². The fraction of sp³-hybridized carbons (Fsp3) is 0.188. The molecule has 0 bridgehead atoms. The Labute approximate surface area is 102 Å². The van der Waals surface area contributed by atoms with Gasteiger partial charge in [-0.05, 0) is 18.1 Å². The first-order valence-electron chi connectivity index (χ1n) is 5.85. The second-order valence-corrected chi connectivity index (χ2v) is 4.31. The van der Waals surface area contributed by atoms with Gasteiger partial charge in [0, 0.05) is 11.5 Å². The molecular formula is C16H16O. The molecule has 0 aliphatic rings. The van der Waals surface area contributed by atoms with E-state index in [0.29, 0.717) is 0 Å². The molecule has 0 amide bonds. The Morgan fingerprint density at radius 3 is 2.18 bits per heavy atom. The maximum absolute atomic E-state index is 12.4. The van der Waals surface area contributed by atoms with Crippen molar-refractivity contribution in [3.8, 4) is 0 Å². The Morgan fingerprint density at radius 1 is 0.941 bits per heavy atom. The van der Waals surface area contributed by atoms with Crippen LogP contribution in [0.25, 0.3) is 0 Å². The summed E-state index contributed by atoms with van der Waals surface area (Å²) in [5, 5.41) is 0. The molecule has 2 aromatic carbocycles. The van der Waals surface area contributed by atoms with Gasteiger partial charge >= 0.3 is 0 Å². The van der Waals surface area contributed by atoms with Gasteiger partial charge in [0.05, 0.1) is 0 Å². The minimum Gasteiger partial charge on any atom is -0.293 e. The molecule has 0 heterocycles. The van der Waals surface area contributed by atoms with Gasteiger partial charge in [-0.25, -0.2) is 0 Å². The molecule has 0 aromatic heterocycles. The van der Waals surface area contributed by atoms with E-state index in [4.69, 9.17) is 0 Å². The molecule has 0 aliphatic heterocycles. The first-order valence-corrected chi connectivity index (χ1v) is 5.85. The molecular weight excluding hydrogens is 208 g/mol. The highest BCUT2D eigenvalue weighted by Crippen LogP contribution is 2.21. The number of carbonyl (C=O) groups excluding carboxylic acids is 1. The average molecular weight is 224 g/mol. The molecule has 17 heavy (non-hydrogen) atoms. The fourth-order valence-electron chi connectivity index (χ4n) is 1.98. The Balaban J connectivity index is 2.30. The highest BCUT2D eigenvalue weighted by atomic mass is 16.1. The summed E-state index contributed by atoms with van der Waals surface area (Å²) in [6, 6.07) is 17.7. The van der Waals surface area contributed by atoms with E-state index in [1.165, 1.54) is 0 Å². The van der Waals surface area contributed by atoms with Crippen molar-refractivity contribution in [1.82, 2.24) is 0 Å². The van der Waals surface area contributed by atoms with Gasteiger partial charge in [-0.1, -0.05) is 61.5 Å². The highest BCUT2D eigenvalue weighted by molar-refractivity contribution is 6.01. The highest BCUT2D eigenvalue weighted by Gasteiger charge is 2.17. The van der Waals surface area contributed by atoms with Crippen LogP contribution in [0.4, 0.5) is 0 Å². The summed E-state index contributed by atoms with van der Waals surface area (Å²) in [5.74, 6) is 0.103. The van der Waals surface area contributed by atoms with E-state index >= 15 is 0 Å². The zero-order chi connectivity index (χ0) is 12.3. The van der Waals surface area contributed by atoms with E-state index in [0.717, 1.165) is 16.7 Å². The smallest absolute Gasteiger partial charge is 0.170 e. The molecule has 1 atom stereocenters. The van der Waals surface area contributed by atoms with Crippen molar-refractivity contribution in [1.29, 1.82) is 0 Å². The molecule has 1 unspecified atom stereocenters. The third kappa shape index (κ3) is 2.44. The van der Waals surface area contributed by atoms with Crippen molar-refractivity contribution in [3.63, 3.8) is 0 Å². The summed E-state index contributed by atoms with van der Waals surface area (Å²) >= 11 is 0. The number of benzene rings is 2. The molecule has 0 fully saturated rings. The molecule has 0 spiro atoms. The third-order valence-corrected chi connectivity index (χ3v) is 3.10. The monoisotopic (exact) mass is 224 g/mol. The molecule has 2 aromatic rings. The van der Waals surface area contributed by atoms with Crippen LogP contribution in [-0.2, 0) is 0 Å². The van der Waals surface area contributed by atoms with Gasteiger partial charge in [0.25, 0.3) is 0 Å². The molecule has 0 saturated heterocycles. The lowest BCUT2D eigenvalue weighted by Gasteiger charge is -2.12. The number of rotatable bonds is 3. The van der Waals surface area contributed by atoms with Gasteiger partial charge in [0.2, 0.25) is 0 Å². The lowest BCUT2D eigenvalue weighted by atomic mass is 9.90. The summed E-state index contributed by atoms with van der Waals surface area (Å²) in [4.78, 5) is 12.4. The van der Waals surface area contributed by atoms with Crippen molar-refractivity contribution in [2.24, 2.45) is 0 Å². The van der Waals surface area contributed by atoms with E-state index < -0.39 is 0 Å². The predicted molar refractivity (Wildman–Crippen MR) is 70.4 cm³/mol. The minimum absolute atomic E-state index is 0.0858. The van der Waals surface area contributed by atoms with Gasteiger partial charge < -0.3 is 0 Å². The van der Waals surface area contributed by atoms with E-state index in [2.05, 4.69) is 0 Å². The molecule has 0 saturated carbocycles. The second-order valence-electron chi connectivity index (χ2n) is 4.31. The van der Waals surface area contributed by atoms with Crippen LogP contribution in [0.1, 0.15) is 34.3 Å². The Bertz CT molecular complexity index is 514. The standard InChI is InChI=1S/C16H16O/c1-12-8-6-7-11-15(12)16(17)13(2)14-9-4-3-5-10-14/h3-11,13H,1-2H3. The molecule has 86 valence electrons. The normalized spacial score (nSPS) is 12.1.